The minimum atomic E-state index is -0.0821. The van der Waals surface area contributed by atoms with Crippen molar-refractivity contribution in [3.8, 4) is 6.07 Å². The van der Waals surface area contributed by atoms with E-state index in [0.717, 1.165) is 43.8 Å². The predicted octanol–water partition coefficient (Wildman–Crippen LogP) is 2.44. The maximum atomic E-state index is 12.4. The third-order valence-corrected chi connectivity index (χ3v) is 4.87. The number of anilines is 1. The molecule has 132 valence electrons. The van der Waals surface area contributed by atoms with Crippen molar-refractivity contribution >= 4 is 11.7 Å². The standard InChI is InChI=1S/C18H28N4O2/c1-5-21(6-2)12-17(23)20-18-16(10-19)13(3)14(4)22(18)11-15-8-7-9-24-15/h15H,5-9,11-12H2,1-4H3,(H,20,23)/t15-/m0/s1. The van der Waals surface area contributed by atoms with Gasteiger partial charge in [0.15, 0.2) is 0 Å². The Kier molecular flexibility index (Phi) is 6.41. The summed E-state index contributed by atoms with van der Waals surface area (Å²) in [6, 6.07) is 2.25. The van der Waals surface area contributed by atoms with E-state index in [1.807, 2.05) is 32.3 Å². The van der Waals surface area contributed by atoms with E-state index in [1.54, 1.807) is 0 Å². The fourth-order valence-corrected chi connectivity index (χ4v) is 3.17. The lowest BCUT2D eigenvalue weighted by atomic mass is 10.2. The van der Waals surface area contributed by atoms with Crippen LogP contribution in [-0.4, -0.2) is 47.7 Å². The third-order valence-electron chi connectivity index (χ3n) is 4.87. The summed E-state index contributed by atoms with van der Waals surface area (Å²) in [5.74, 6) is 0.529. The van der Waals surface area contributed by atoms with Crippen molar-refractivity contribution in [1.29, 1.82) is 5.26 Å². The van der Waals surface area contributed by atoms with Gasteiger partial charge in [0.2, 0.25) is 5.91 Å². The molecule has 1 atom stereocenters. The van der Waals surface area contributed by atoms with Gasteiger partial charge in [-0.1, -0.05) is 13.8 Å². The number of likely N-dealkylation sites (N-methyl/N-ethyl adjacent to an activating group) is 1. The Hall–Kier alpha value is -1.84. The fourth-order valence-electron chi connectivity index (χ4n) is 3.17. The highest BCUT2D eigenvalue weighted by Crippen LogP contribution is 2.28. The second-order valence-electron chi connectivity index (χ2n) is 6.30. The van der Waals surface area contributed by atoms with Gasteiger partial charge in [0, 0.05) is 12.3 Å². The molecule has 0 unspecified atom stereocenters. The van der Waals surface area contributed by atoms with Crippen molar-refractivity contribution in [3.63, 3.8) is 0 Å². The molecule has 1 saturated heterocycles. The third kappa shape index (κ3) is 3.97. The van der Waals surface area contributed by atoms with Gasteiger partial charge in [0.25, 0.3) is 0 Å². The van der Waals surface area contributed by atoms with E-state index in [2.05, 4.69) is 16.3 Å². The molecule has 24 heavy (non-hydrogen) atoms. The molecule has 1 aliphatic rings. The normalized spacial score (nSPS) is 17.2. The van der Waals surface area contributed by atoms with Crippen LogP contribution < -0.4 is 5.32 Å². The summed E-state index contributed by atoms with van der Waals surface area (Å²) in [7, 11) is 0. The molecule has 1 N–H and O–H groups in total. The molecule has 1 aromatic heterocycles. The smallest absolute Gasteiger partial charge is 0.239 e. The molecule has 0 spiro atoms. The summed E-state index contributed by atoms with van der Waals surface area (Å²) in [4.78, 5) is 14.5. The molecule has 1 fully saturated rings. The summed E-state index contributed by atoms with van der Waals surface area (Å²) in [5, 5.41) is 12.5. The molecule has 2 heterocycles. The SMILES string of the molecule is CCN(CC)CC(=O)Nc1c(C#N)c(C)c(C)n1C[C@@H]1CCCO1. The van der Waals surface area contributed by atoms with Gasteiger partial charge in [-0.2, -0.15) is 5.26 Å². The summed E-state index contributed by atoms with van der Waals surface area (Å²) in [6.07, 6.45) is 2.24. The number of carbonyl (C=O) groups is 1. The lowest BCUT2D eigenvalue weighted by Crippen LogP contribution is -2.33. The first-order chi connectivity index (χ1) is 11.5. The lowest BCUT2D eigenvalue weighted by molar-refractivity contribution is -0.117. The van der Waals surface area contributed by atoms with Gasteiger partial charge in [0.05, 0.1) is 24.8 Å². The predicted molar refractivity (Wildman–Crippen MR) is 94.0 cm³/mol. The number of aromatic nitrogens is 1. The Morgan fingerprint density at radius 1 is 1.42 bits per heavy atom. The molecule has 0 bridgehead atoms. The monoisotopic (exact) mass is 332 g/mol. The van der Waals surface area contributed by atoms with Crippen molar-refractivity contribution in [2.24, 2.45) is 0 Å². The number of nitriles is 1. The average Bonchev–Trinajstić information content (AvgIpc) is 3.16. The van der Waals surface area contributed by atoms with Crippen molar-refractivity contribution in [1.82, 2.24) is 9.47 Å². The summed E-state index contributed by atoms with van der Waals surface area (Å²) in [6.45, 7) is 11.4. The van der Waals surface area contributed by atoms with Gasteiger partial charge < -0.3 is 14.6 Å². The van der Waals surface area contributed by atoms with Crippen LogP contribution in [0.2, 0.25) is 0 Å². The second kappa shape index (κ2) is 8.32. The van der Waals surface area contributed by atoms with Crippen LogP contribution in [0, 0.1) is 25.2 Å². The van der Waals surface area contributed by atoms with Crippen LogP contribution in [0.25, 0.3) is 0 Å². The van der Waals surface area contributed by atoms with Crippen molar-refractivity contribution in [2.45, 2.75) is 53.2 Å². The van der Waals surface area contributed by atoms with E-state index < -0.39 is 0 Å². The van der Waals surface area contributed by atoms with Crippen LogP contribution in [0.3, 0.4) is 0 Å². The summed E-state index contributed by atoms with van der Waals surface area (Å²) in [5.41, 5.74) is 2.49. The van der Waals surface area contributed by atoms with Crippen LogP contribution in [0.15, 0.2) is 0 Å². The van der Waals surface area contributed by atoms with E-state index in [1.165, 1.54) is 0 Å². The second-order valence-corrected chi connectivity index (χ2v) is 6.30. The number of carbonyl (C=O) groups excluding carboxylic acids is 1. The molecule has 2 rings (SSSR count). The van der Waals surface area contributed by atoms with Crippen LogP contribution >= 0.6 is 0 Å². The molecule has 6 heteroatoms. The first-order valence-electron chi connectivity index (χ1n) is 8.75. The van der Waals surface area contributed by atoms with E-state index in [4.69, 9.17) is 4.74 Å². The van der Waals surface area contributed by atoms with Gasteiger partial charge >= 0.3 is 0 Å². The number of hydrogen-bond donors (Lipinski definition) is 1. The summed E-state index contributed by atoms with van der Waals surface area (Å²) < 4.78 is 7.76. The van der Waals surface area contributed by atoms with E-state index >= 15 is 0 Å². The van der Waals surface area contributed by atoms with Gasteiger partial charge in [-0.25, -0.2) is 0 Å². The minimum absolute atomic E-state index is 0.0821. The lowest BCUT2D eigenvalue weighted by Gasteiger charge is -2.19. The van der Waals surface area contributed by atoms with E-state index in [-0.39, 0.29) is 12.0 Å². The van der Waals surface area contributed by atoms with Gasteiger partial charge in [-0.05, 0) is 45.3 Å². The number of nitrogens with one attached hydrogen (secondary N) is 1. The Labute approximate surface area is 144 Å². The quantitative estimate of drug-likeness (QED) is 0.832. The van der Waals surface area contributed by atoms with Crippen molar-refractivity contribution in [2.75, 3.05) is 31.6 Å². The van der Waals surface area contributed by atoms with Gasteiger partial charge in [-0.15, -0.1) is 0 Å². The van der Waals surface area contributed by atoms with Crippen molar-refractivity contribution in [3.05, 3.63) is 16.8 Å². The topological polar surface area (TPSA) is 70.3 Å². The number of amides is 1. The molecule has 1 amide bonds. The average molecular weight is 332 g/mol. The van der Waals surface area contributed by atoms with Crippen molar-refractivity contribution < 1.29 is 9.53 Å². The Morgan fingerprint density at radius 2 is 2.12 bits per heavy atom. The zero-order chi connectivity index (χ0) is 17.7. The Balaban J connectivity index is 2.24. The molecule has 0 radical (unpaired) electrons. The molecule has 1 aromatic rings. The highest BCUT2D eigenvalue weighted by atomic mass is 16.5. The maximum absolute atomic E-state index is 12.4. The highest BCUT2D eigenvalue weighted by Gasteiger charge is 2.24. The summed E-state index contributed by atoms with van der Waals surface area (Å²) >= 11 is 0. The van der Waals surface area contributed by atoms with Crippen LogP contribution in [0.1, 0.15) is 43.5 Å². The van der Waals surface area contributed by atoms with Crippen LogP contribution in [0.4, 0.5) is 5.82 Å². The first-order valence-corrected chi connectivity index (χ1v) is 8.75. The highest BCUT2D eigenvalue weighted by molar-refractivity contribution is 5.93. The number of hydrogen-bond acceptors (Lipinski definition) is 4. The zero-order valence-electron chi connectivity index (χ0n) is 15.2. The molecular formula is C18H28N4O2. The molecule has 0 saturated carbocycles. The molecule has 0 aromatic carbocycles. The molecular weight excluding hydrogens is 304 g/mol. The van der Waals surface area contributed by atoms with Gasteiger partial charge in [0.1, 0.15) is 11.9 Å². The minimum Gasteiger partial charge on any atom is -0.376 e. The van der Waals surface area contributed by atoms with Gasteiger partial charge in [-0.3, -0.25) is 9.69 Å². The largest absolute Gasteiger partial charge is 0.376 e. The Morgan fingerprint density at radius 3 is 2.67 bits per heavy atom. The number of ether oxygens (including phenoxy) is 1. The van der Waals surface area contributed by atoms with Crippen LogP contribution in [0.5, 0.6) is 0 Å². The number of rotatable bonds is 7. The molecule has 0 aliphatic carbocycles. The van der Waals surface area contributed by atoms with E-state index in [0.29, 0.717) is 24.5 Å². The Bertz CT molecular complexity index is 620. The fraction of sp³-hybridized carbons (Fsp3) is 0.667. The number of nitrogens with zero attached hydrogens (tertiary/aromatic N) is 3. The molecule has 6 nitrogen and oxygen atoms in total. The first kappa shape index (κ1) is 18.5. The van der Waals surface area contributed by atoms with E-state index in [9.17, 15) is 10.1 Å². The maximum Gasteiger partial charge on any atom is 0.239 e. The zero-order valence-corrected chi connectivity index (χ0v) is 15.2. The van der Waals surface area contributed by atoms with Crippen LogP contribution in [-0.2, 0) is 16.1 Å². The molecule has 1 aliphatic heterocycles.